The summed E-state index contributed by atoms with van der Waals surface area (Å²) in [5, 5.41) is 3.48. The number of piperazine rings is 1. The number of fused-ring (bicyclic) bond motifs is 4. The van der Waals surface area contributed by atoms with Crippen molar-refractivity contribution in [2.24, 2.45) is 0 Å². The molecule has 0 radical (unpaired) electrons. The van der Waals surface area contributed by atoms with E-state index >= 15 is 4.39 Å². The fourth-order valence-corrected chi connectivity index (χ4v) is 7.60. The van der Waals surface area contributed by atoms with Crippen LogP contribution >= 0.6 is 0 Å². The summed E-state index contributed by atoms with van der Waals surface area (Å²) in [6.07, 6.45) is -3.83. The van der Waals surface area contributed by atoms with E-state index in [4.69, 9.17) is 20.2 Å². The largest absolute Gasteiger partial charge is 0.461 e. The number of aryl methyl sites for hydroxylation is 1. The molecule has 3 N–H and O–H groups in total. The number of halogens is 5. The molecule has 5 fully saturated rings. The van der Waals surface area contributed by atoms with Crippen molar-refractivity contribution in [3.8, 4) is 6.01 Å². The van der Waals surface area contributed by atoms with Gasteiger partial charge in [-0.1, -0.05) is 0 Å². The molecule has 1 aromatic carbocycles. The number of nitrogens with zero attached hydrogens (tertiary/aromatic N) is 4. The van der Waals surface area contributed by atoms with Crippen molar-refractivity contribution < 1.29 is 31.4 Å². The predicted molar refractivity (Wildman–Crippen MR) is 140 cm³/mol. The molecule has 41 heavy (non-hydrogen) atoms. The number of piperidine rings is 1. The number of ether oxygens (including phenoxy) is 2. The van der Waals surface area contributed by atoms with Gasteiger partial charge < -0.3 is 25.4 Å². The number of nitrogens with one attached hydrogen (secondary N) is 1. The fraction of sp³-hybridized carbons (Fsp3) is 0.643. The van der Waals surface area contributed by atoms with Gasteiger partial charge in [0, 0.05) is 55.7 Å². The zero-order valence-electron chi connectivity index (χ0n) is 22.7. The minimum absolute atomic E-state index is 0.0826. The van der Waals surface area contributed by atoms with Gasteiger partial charge in [0.1, 0.15) is 18.6 Å². The van der Waals surface area contributed by atoms with E-state index in [1.54, 1.807) is 0 Å². The van der Waals surface area contributed by atoms with Crippen LogP contribution in [0.4, 0.5) is 33.5 Å². The maximum Gasteiger partial charge on any atom is 0.417 e. The second kappa shape index (κ2) is 9.63. The van der Waals surface area contributed by atoms with Crippen LogP contribution in [0, 0.1) is 12.7 Å². The third-order valence-electron chi connectivity index (χ3n) is 9.44. The summed E-state index contributed by atoms with van der Waals surface area (Å²) < 4.78 is 84.0. The number of nitrogen functional groups attached to an aromatic ring is 1. The minimum atomic E-state index is -4.80. The number of hydrogen-bond acceptors (Lipinski definition) is 8. The average molecular weight is 581 g/mol. The quantitative estimate of drug-likeness (QED) is 0.408. The van der Waals surface area contributed by atoms with Gasteiger partial charge in [0.15, 0.2) is 5.82 Å². The standard InChI is InChI=1S/C28H33F5N6O2/c1-14-5-19(34)24(30)22(23(14)28(31,32)33)21-7-20-18(12-40-21)25(38-10-16-6-17(11-38)35-16)37-26(36-20)41-13-27-3-2-4-39(27)9-15(29)8-27/h5,15-17,21,35H,2-4,6-13,34H2,1H3/t15-,16?,17?,21+,27+/m1/s1. The van der Waals surface area contributed by atoms with E-state index in [0.29, 0.717) is 55.2 Å². The van der Waals surface area contributed by atoms with Gasteiger partial charge in [0.05, 0.1) is 35.2 Å². The molecule has 5 atom stereocenters. The van der Waals surface area contributed by atoms with Crippen LogP contribution in [0.15, 0.2) is 6.07 Å². The lowest BCUT2D eigenvalue weighted by molar-refractivity contribution is -0.140. The van der Waals surface area contributed by atoms with Crippen molar-refractivity contribution in [1.29, 1.82) is 0 Å². The van der Waals surface area contributed by atoms with E-state index in [1.807, 2.05) is 0 Å². The second-order valence-electron chi connectivity index (χ2n) is 12.2. The molecule has 0 aliphatic carbocycles. The number of alkyl halides is 4. The van der Waals surface area contributed by atoms with Crippen molar-refractivity contribution in [1.82, 2.24) is 20.2 Å². The van der Waals surface area contributed by atoms with Crippen LogP contribution in [0.5, 0.6) is 6.01 Å². The molecule has 6 aliphatic heterocycles. The van der Waals surface area contributed by atoms with Crippen molar-refractivity contribution in [2.45, 2.75) is 81.7 Å². The lowest BCUT2D eigenvalue weighted by Gasteiger charge is -2.49. The van der Waals surface area contributed by atoms with E-state index in [2.05, 4.69) is 20.1 Å². The summed E-state index contributed by atoms with van der Waals surface area (Å²) in [5.74, 6) is -0.512. The van der Waals surface area contributed by atoms with Gasteiger partial charge in [-0.15, -0.1) is 0 Å². The molecule has 2 aromatic rings. The number of anilines is 2. The van der Waals surface area contributed by atoms with Gasteiger partial charge in [0.2, 0.25) is 0 Å². The van der Waals surface area contributed by atoms with Gasteiger partial charge in [0.25, 0.3) is 0 Å². The Kier molecular flexibility index (Phi) is 6.36. The first kappa shape index (κ1) is 27.1. The Labute approximate surface area is 234 Å². The maximum atomic E-state index is 15.3. The van der Waals surface area contributed by atoms with E-state index in [-0.39, 0.29) is 36.9 Å². The first-order chi connectivity index (χ1) is 19.5. The fourth-order valence-electron chi connectivity index (χ4n) is 7.60. The molecular weight excluding hydrogens is 547 g/mol. The highest BCUT2D eigenvalue weighted by molar-refractivity contribution is 5.55. The predicted octanol–water partition coefficient (Wildman–Crippen LogP) is 3.84. The summed E-state index contributed by atoms with van der Waals surface area (Å²) >= 11 is 0. The Balaban J connectivity index is 1.24. The first-order valence-electron chi connectivity index (χ1n) is 14.2. The Morgan fingerprint density at radius 1 is 1.22 bits per heavy atom. The number of rotatable bonds is 5. The van der Waals surface area contributed by atoms with Crippen LogP contribution in [0.2, 0.25) is 0 Å². The van der Waals surface area contributed by atoms with E-state index in [1.165, 1.54) is 6.92 Å². The van der Waals surface area contributed by atoms with Crippen LogP contribution < -0.4 is 20.7 Å². The number of hydrogen-bond donors (Lipinski definition) is 2. The summed E-state index contributed by atoms with van der Waals surface area (Å²) in [6, 6.07) is 1.74. The monoisotopic (exact) mass is 580 g/mol. The van der Waals surface area contributed by atoms with Gasteiger partial charge in [-0.3, -0.25) is 4.90 Å². The zero-order chi connectivity index (χ0) is 28.7. The normalized spacial score (nSPS) is 31.1. The van der Waals surface area contributed by atoms with Crippen LogP contribution in [0.1, 0.15) is 59.7 Å². The molecule has 13 heteroatoms. The molecule has 2 bridgehead atoms. The molecule has 8 nitrogen and oxygen atoms in total. The Morgan fingerprint density at radius 3 is 2.71 bits per heavy atom. The Hall–Kier alpha value is -2.77. The van der Waals surface area contributed by atoms with Crippen molar-refractivity contribution >= 4 is 11.5 Å². The van der Waals surface area contributed by atoms with Crippen LogP contribution in [-0.4, -0.2) is 71.4 Å². The number of aromatic nitrogens is 2. The number of benzene rings is 1. The van der Waals surface area contributed by atoms with Gasteiger partial charge in [-0.05, 0) is 44.4 Å². The molecule has 7 heterocycles. The first-order valence-corrected chi connectivity index (χ1v) is 14.2. The van der Waals surface area contributed by atoms with Crippen LogP contribution in [-0.2, 0) is 23.9 Å². The van der Waals surface area contributed by atoms with E-state index in [0.717, 1.165) is 31.9 Å². The second-order valence-corrected chi connectivity index (χ2v) is 12.2. The molecule has 0 saturated carbocycles. The molecule has 2 unspecified atom stereocenters. The molecule has 0 spiro atoms. The van der Waals surface area contributed by atoms with Crippen molar-refractivity contribution in [2.75, 3.05) is 43.4 Å². The minimum Gasteiger partial charge on any atom is -0.461 e. The summed E-state index contributed by atoms with van der Waals surface area (Å²) in [6.45, 7) is 4.03. The zero-order valence-corrected chi connectivity index (χ0v) is 22.7. The van der Waals surface area contributed by atoms with Crippen molar-refractivity contribution in [3.05, 3.63) is 39.8 Å². The smallest absolute Gasteiger partial charge is 0.417 e. The van der Waals surface area contributed by atoms with Crippen LogP contribution in [0.25, 0.3) is 0 Å². The highest BCUT2D eigenvalue weighted by Gasteiger charge is 2.50. The Morgan fingerprint density at radius 2 is 1.98 bits per heavy atom. The van der Waals surface area contributed by atoms with E-state index in [9.17, 15) is 17.6 Å². The topological polar surface area (TPSA) is 88.8 Å². The van der Waals surface area contributed by atoms with Gasteiger partial charge in [-0.25, -0.2) is 8.78 Å². The number of nitrogens with two attached hydrogens (primary N) is 1. The lowest BCUT2D eigenvalue weighted by atomic mass is 9.90. The molecule has 222 valence electrons. The summed E-state index contributed by atoms with van der Waals surface area (Å²) in [4.78, 5) is 13.6. The highest BCUT2D eigenvalue weighted by Crippen LogP contribution is 2.45. The van der Waals surface area contributed by atoms with Gasteiger partial charge >= 0.3 is 12.2 Å². The average Bonchev–Trinajstić information content (AvgIpc) is 3.43. The molecule has 1 aromatic heterocycles. The van der Waals surface area contributed by atoms with Crippen molar-refractivity contribution in [3.63, 3.8) is 0 Å². The molecule has 8 rings (SSSR count). The van der Waals surface area contributed by atoms with E-state index < -0.39 is 40.9 Å². The molecular formula is C28H33F5N6O2. The molecule has 6 aliphatic rings. The lowest BCUT2D eigenvalue weighted by Crippen LogP contribution is -2.67. The SMILES string of the molecule is Cc1cc(N)c(F)c([C@@H]2Cc3nc(OC[C@@]45CCCN4C[C@H](F)C5)nc(N4CC5CC(C4)N5)c3CO2)c1C(F)(F)F. The third kappa shape index (κ3) is 4.60. The van der Waals surface area contributed by atoms with Gasteiger partial charge in [-0.2, -0.15) is 23.1 Å². The maximum absolute atomic E-state index is 15.3. The Bertz CT molecular complexity index is 1360. The third-order valence-corrected chi connectivity index (χ3v) is 9.44. The summed E-state index contributed by atoms with van der Waals surface area (Å²) in [7, 11) is 0. The molecule has 5 saturated heterocycles. The van der Waals surface area contributed by atoms with Crippen LogP contribution in [0.3, 0.4) is 0 Å². The molecule has 0 amide bonds. The summed E-state index contributed by atoms with van der Waals surface area (Å²) in [5.41, 5.74) is 4.25. The highest BCUT2D eigenvalue weighted by atomic mass is 19.4.